The highest BCUT2D eigenvalue weighted by atomic mass is 79.9. The summed E-state index contributed by atoms with van der Waals surface area (Å²) < 4.78 is 20.6. The monoisotopic (exact) mass is 323 g/mol. The number of aryl methyl sites for hydroxylation is 1. The van der Waals surface area contributed by atoms with Crippen LogP contribution < -0.4 is 10.5 Å². The zero-order chi connectivity index (χ0) is 13.8. The van der Waals surface area contributed by atoms with Crippen molar-refractivity contribution in [3.05, 3.63) is 63.4 Å². The molecule has 0 bridgehead atoms. The number of hydrogen-bond donors (Lipinski definition) is 1. The van der Waals surface area contributed by atoms with E-state index < -0.39 is 0 Å². The van der Waals surface area contributed by atoms with Gasteiger partial charge in [0, 0.05) is 22.1 Å². The fraction of sp³-hybridized carbons (Fsp3) is 0.200. The molecule has 2 rings (SSSR count). The number of ether oxygens (including phenoxy) is 1. The first kappa shape index (κ1) is 14.0. The lowest BCUT2D eigenvalue weighted by atomic mass is 10.1. The van der Waals surface area contributed by atoms with Crippen LogP contribution in [-0.4, -0.2) is 0 Å². The molecule has 2 aromatic rings. The second-order valence-electron chi connectivity index (χ2n) is 4.29. The second kappa shape index (κ2) is 6.17. The molecule has 0 aromatic heterocycles. The Hall–Kier alpha value is -1.39. The highest BCUT2D eigenvalue weighted by molar-refractivity contribution is 9.10. The van der Waals surface area contributed by atoms with Gasteiger partial charge in [0.15, 0.2) is 0 Å². The van der Waals surface area contributed by atoms with Gasteiger partial charge < -0.3 is 10.5 Å². The van der Waals surface area contributed by atoms with E-state index in [1.807, 2.05) is 25.1 Å². The van der Waals surface area contributed by atoms with Crippen LogP contribution in [0, 0.1) is 12.7 Å². The molecule has 0 aliphatic carbocycles. The number of halogens is 2. The highest BCUT2D eigenvalue weighted by Gasteiger charge is 2.08. The van der Waals surface area contributed by atoms with Gasteiger partial charge in [0.25, 0.3) is 0 Å². The quantitative estimate of drug-likeness (QED) is 0.925. The van der Waals surface area contributed by atoms with E-state index in [4.69, 9.17) is 10.5 Å². The molecule has 0 aliphatic heterocycles. The molecule has 2 N–H and O–H groups in total. The van der Waals surface area contributed by atoms with Crippen molar-refractivity contribution < 1.29 is 9.13 Å². The SMILES string of the molecule is Cc1cc(Br)ccc1OCc1cccc(CN)c1F. The lowest BCUT2D eigenvalue weighted by Gasteiger charge is -2.11. The summed E-state index contributed by atoms with van der Waals surface area (Å²) in [5.41, 5.74) is 7.51. The molecule has 2 nitrogen and oxygen atoms in total. The van der Waals surface area contributed by atoms with Crippen molar-refractivity contribution in [3.63, 3.8) is 0 Å². The number of nitrogens with two attached hydrogens (primary N) is 1. The molecular formula is C15H15BrFNO. The Morgan fingerprint density at radius 1 is 1.21 bits per heavy atom. The van der Waals surface area contributed by atoms with E-state index in [2.05, 4.69) is 15.9 Å². The van der Waals surface area contributed by atoms with Crippen molar-refractivity contribution in [2.45, 2.75) is 20.1 Å². The van der Waals surface area contributed by atoms with Crippen molar-refractivity contribution in [2.24, 2.45) is 5.73 Å². The van der Waals surface area contributed by atoms with Gasteiger partial charge in [-0.2, -0.15) is 0 Å². The average molecular weight is 324 g/mol. The molecule has 100 valence electrons. The first-order valence-electron chi connectivity index (χ1n) is 5.97. The van der Waals surface area contributed by atoms with Crippen molar-refractivity contribution >= 4 is 15.9 Å². The van der Waals surface area contributed by atoms with Gasteiger partial charge in [-0.25, -0.2) is 4.39 Å². The highest BCUT2D eigenvalue weighted by Crippen LogP contribution is 2.23. The molecule has 0 atom stereocenters. The maximum Gasteiger partial charge on any atom is 0.134 e. The fourth-order valence-electron chi connectivity index (χ4n) is 1.83. The van der Waals surface area contributed by atoms with Crippen LogP contribution in [0.25, 0.3) is 0 Å². The summed E-state index contributed by atoms with van der Waals surface area (Å²) in [6.07, 6.45) is 0. The number of benzene rings is 2. The molecule has 19 heavy (non-hydrogen) atoms. The van der Waals surface area contributed by atoms with E-state index in [0.717, 1.165) is 15.8 Å². The Bertz CT molecular complexity index is 586. The van der Waals surface area contributed by atoms with E-state index in [1.165, 1.54) is 0 Å². The molecule has 0 spiro atoms. The van der Waals surface area contributed by atoms with Gasteiger partial charge in [-0.1, -0.05) is 34.1 Å². The Morgan fingerprint density at radius 2 is 1.95 bits per heavy atom. The first-order chi connectivity index (χ1) is 9.11. The molecule has 2 aromatic carbocycles. The molecule has 0 saturated carbocycles. The van der Waals surface area contributed by atoms with Gasteiger partial charge in [0.1, 0.15) is 18.2 Å². The lowest BCUT2D eigenvalue weighted by Crippen LogP contribution is -2.05. The van der Waals surface area contributed by atoms with Gasteiger partial charge >= 0.3 is 0 Å². The van der Waals surface area contributed by atoms with E-state index in [9.17, 15) is 4.39 Å². The Morgan fingerprint density at radius 3 is 2.63 bits per heavy atom. The largest absolute Gasteiger partial charge is 0.489 e. The molecule has 0 fully saturated rings. The van der Waals surface area contributed by atoms with Gasteiger partial charge in [-0.3, -0.25) is 0 Å². The molecule has 0 radical (unpaired) electrons. The van der Waals surface area contributed by atoms with Crippen LogP contribution in [0.3, 0.4) is 0 Å². The third-order valence-electron chi connectivity index (χ3n) is 2.90. The maximum absolute atomic E-state index is 14.0. The minimum atomic E-state index is -0.278. The van der Waals surface area contributed by atoms with E-state index >= 15 is 0 Å². The molecule has 0 aliphatic rings. The van der Waals surface area contributed by atoms with Crippen LogP contribution in [0.1, 0.15) is 16.7 Å². The molecule has 0 amide bonds. The van der Waals surface area contributed by atoms with Gasteiger partial charge in [-0.15, -0.1) is 0 Å². The summed E-state index contributed by atoms with van der Waals surface area (Å²) in [5.74, 6) is 0.473. The molecular weight excluding hydrogens is 309 g/mol. The van der Waals surface area contributed by atoms with Gasteiger partial charge in [0.2, 0.25) is 0 Å². The van der Waals surface area contributed by atoms with E-state index in [1.54, 1.807) is 18.2 Å². The second-order valence-corrected chi connectivity index (χ2v) is 5.21. The van der Waals surface area contributed by atoms with E-state index in [-0.39, 0.29) is 19.0 Å². The Labute approximate surface area is 120 Å². The molecule has 0 unspecified atom stereocenters. The summed E-state index contributed by atoms with van der Waals surface area (Å²) in [7, 11) is 0. The van der Waals surface area contributed by atoms with Crippen LogP contribution >= 0.6 is 15.9 Å². The summed E-state index contributed by atoms with van der Waals surface area (Å²) in [4.78, 5) is 0. The maximum atomic E-state index is 14.0. The third-order valence-corrected chi connectivity index (χ3v) is 3.39. The predicted octanol–water partition coefficient (Wildman–Crippen LogP) is 3.93. The van der Waals surface area contributed by atoms with Crippen molar-refractivity contribution in [1.82, 2.24) is 0 Å². The van der Waals surface area contributed by atoms with Crippen LogP contribution in [0.5, 0.6) is 5.75 Å². The van der Waals surface area contributed by atoms with Gasteiger partial charge in [-0.05, 0) is 30.7 Å². The number of rotatable bonds is 4. The first-order valence-corrected chi connectivity index (χ1v) is 6.76. The zero-order valence-electron chi connectivity index (χ0n) is 10.6. The van der Waals surface area contributed by atoms with Crippen molar-refractivity contribution in [1.29, 1.82) is 0 Å². The predicted molar refractivity (Wildman–Crippen MR) is 77.5 cm³/mol. The van der Waals surface area contributed by atoms with Crippen LogP contribution in [0.4, 0.5) is 4.39 Å². The fourth-order valence-corrected chi connectivity index (χ4v) is 2.31. The molecule has 0 heterocycles. The van der Waals surface area contributed by atoms with Crippen molar-refractivity contribution in [3.8, 4) is 5.75 Å². The Kier molecular flexibility index (Phi) is 4.56. The zero-order valence-corrected chi connectivity index (χ0v) is 12.2. The smallest absolute Gasteiger partial charge is 0.134 e. The minimum absolute atomic E-state index is 0.191. The van der Waals surface area contributed by atoms with Crippen LogP contribution in [-0.2, 0) is 13.2 Å². The van der Waals surface area contributed by atoms with E-state index in [0.29, 0.717) is 11.1 Å². The molecule has 4 heteroatoms. The third kappa shape index (κ3) is 3.33. The summed E-state index contributed by atoms with van der Waals surface area (Å²) in [5, 5.41) is 0. The standard InChI is InChI=1S/C15H15BrFNO/c1-10-7-13(16)5-6-14(10)19-9-12-4-2-3-11(8-18)15(12)17/h2-7H,8-9,18H2,1H3. The molecule has 0 saturated heterocycles. The van der Waals surface area contributed by atoms with Gasteiger partial charge in [0.05, 0.1) is 0 Å². The Balaban J connectivity index is 2.14. The average Bonchev–Trinajstić information content (AvgIpc) is 2.39. The number of hydrogen-bond acceptors (Lipinski definition) is 2. The van der Waals surface area contributed by atoms with Crippen molar-refractivity contribution in [2.75, 3.05) is 0 Å². The van der Waals surface area contributed by atoms with Crippen LogP contribution in [0.15, 0.2) is 40.9 Å². The normalized spacial score (nSPS) is 10.5. The summed E-state index contributed by atoms with van der Waals surface area (Å²) in [6, 6.07) is 10.9. The summed E-state index contributed by atoms with van der Waals surface area (Å²) >= 11 is 3.39. The minimum Gasteiger partial charge on any atom is -0.489 e. The van der Waals surface area contributed by atoms with Crippen LogP contribution in [0.2, 0.25) is 0 Å². The topological polar surface area (TPSA) is 35.2 Å². The lowest BCUT2D eigenvalue weighted by molar-refractivity contribution is 0.297. The summed E-state index contributed by atoms with van der Waals surface area (Å²) in [6.45, 7) is 2.34.